The zero-order chi connectivity index (χ0) is 14.9. The van der Waals surface area contributed by atoms with Crippen molar-refractivity contribution < 1.29 is 4.79 Å². The van der Waals surface area contributed by atoms with Gasteiger partial charge in [-0.3, -0.25) is 9.59 Å². The third kappa shape index (κ3) is 2.41. The first-order valence-corrected chi connectivity index (χ1v) is 6.23. The number of H-pyrrole nitrogens is 1. The van der Waals surface area contributed by atoms with Gasteiger partial charge in [-0.15, -0.1) is 0 Å². The van der Waals surface area contributed by atoms with Crippen LogP contribution in [-0.2, 0) is 6.54 Å². The maximum absolute atomic E-state index is 12.2. The summed E-state index contributed by atoms with van der Waals surface area (Å²) in [6, 6.07) is 5.32. The van der Waals surface area contributed by atoms with Crippen molar-refractivity contribution in [3.05, 3.63) is 56.8 Å². The highest BCUT2D eigenvalue weighted by molar-refractivity contribution is 5.97. The summed E-state index contributed by atoms with van der Waals surface area (Å²) in [6.45, 7) is 5.33. The molecule has 5 heteroatoms. The van der Waals surface area contributed by atoms with E-state index in [-0.39, 0.29) is 17.9 Å². The second kappa shape index (κ2) is 5.17. The van der Waals surface area contributed by atoms with Crippen molar-refractivity contribution in [3.63, 3.8) is 0 Å². The van der Waals surface area contributed by atoms with Crippen LogP contribution in [0.15, 0.2) is 23.1 Å². The molecule has 0 aliphatic heterocycles. The summed E-state index contributed by atoms with van der Waals surface area (Å²) in [7, 11) is 0. The van der Waals surface area contributed by atoms with Gasteiger partial charge < -0.3 is 9.55 Å². The third-order valence-corrected chi connectivity index (χ3v) is 3.25. The average molecular weight is 269 g/mol. The van der Waals surface area contributed by atoms with Gasteiger partial charge in [0.2, 0.25) is 0 Å². The minimum atomic E-state index is -0.425. The van der Waals surface area contributed by atoms with Crippen LogP contribution in [0.1, 0.15) is 32.9 Å². The average Bonchev–Trinajstić information content (AvgIpc) is 2.73. The van der Waals surface area contributed by atoms with Gasteiger partial charge in [0.15, 0.2) is 5.78 Å². The Morgan fingerprint density at radius 2 is 2.10 bits per heavy atom. The monoisotopic (exact) mass is 269 g/mol. The van der Waals surface area contributed by atoms with Crippen LogP contribution in [0.2, 0.25) is 0 Å². The van der Waals surface area contributed by atoms with E-state index in [1.807, 2.05) is 19.9 Å². The second-order valence-electron chi connectivity index (χ2n) is 4.83. The number of nitrogens with one attached hydrogen (secondary N) is 1. The lowest BCUT2D eigenvalue weighted by atomic mass is 10.1. The van der Waals surface area contributed by atoms with Gasteiger partial charge in [0.25, 0.3) is 5.56 Å². The van der Waals surface area contributed by atoms with Crippen LogP contribution >= 0.6 is 0 Å². The molecule has 0 radical (unpaired) electrons. The molecule has 2 aromatic heterocycles. The van der Waals surface area contributed by atoms with Gasteiger partial charge in [-0.1, -0.05) is 0 Å². The van der Waals surface area contributed by atoms with Gasteiger partial charge in [0, 0.05) is 23.1 Å². The summed E-state index contributed by atoms with van der Waals surface area (Å²) in [5.41, 5.74) is 2.55. The van der Waals surface area contributed by atoms with E-state index in [2.05, 4.69) is 4.98 Å². The molecule has 0 saturated heterocycles. The molecule has 0 bridgehead atoms. The van der Waals surface area contributed by atoms with Crippen LogP contribution in [0.25, 0.3) is 0 Å². The number of Topliss-reactive ketones (excluding diaryl/α,β-unsaturated/α-hetero) is 1. The molecule has 20 heavy (non-hydrogen) atoms. The Balaban J connectivity index is 2.37. The molecule has 2 aromatic rings. The zero-order valence-electron chi connectivity index (χ0n) is 11.7. The van der Waals surface area contributed by atoms with E-state index in [0.717, 1.165) is 11.4 Å². The van der Waals surface area contributed by atoms with Gasteiger partial charge >= 0.3 is 0 Å². The fourth-order valence-electron chi connectivity index (χ4n) is 2.18. The number of aromatic amines is 1. The number of nitriles is 1. The summed E-state index contributed by atoms with van der Waals surface area (Å²) >= 11 is 0. The molecule has 2 rings (SSSR count). The molecule has 2 heterocycles. The molecule has 0 aliphatic rings. The predicted octanol–water partition coefficient (Wildman–Crippen LogP) is 1.86. The fraction of sp³-hybridized carbons (Fsp3) is 0.267. The summed E-state index contributed by atoms with van der Waals surface area (Å²) in [5, 5.41) is 8.97. The van der Waals surface area contributed by atoms with E-state index in [4.69, 9.17) is 5.26 Å². The predicted molar refractivity (Wildman–Crippen MR) is 74.8 cm³/mol. The Morgan fingerprint density at radius 1 is 1.40 bits per heavy atom. The molecular formula is C15H15N3O2. The molecule has 0 fully saturated rings. The summed E-state index contributed by atoms with van der Waals surface area (Å²) in [4.78, 5) is 27.3. The largest absolute Gasteiger partial charge is 0.362 e. The quantitative estimate of drug-likeness (QED) is 0.864. The molecule has 0 spiro atoms. The molecule has 0 amide bonds. The van der Waals surface area contributed by atoms with Crippen LogP contribution in [-0.4, -0.2) is 15.3 Å². The van der Waals surface area contributed by atoms with E-state index < -0.39 is 5.56 Å². The SMILES string of the molecule is Cc1cc(C(=O)Cn2ccc(C)c(C#N)c2=O)c(C)[nH]1. The van der Waals surface area contributed by atoms with Crippen molar-refractivity contribution >= 4 is 5.78 Å². The topological polar surface area (TPSA) is 78.7 Å². The lowest BCUT2D eigenvalue weighted by Gasteiger charge is -2.06. The highest BCUT2D eigenvalue weighted by atomic mass is 16.1. The van der Waals surface area contributed by atoms with Crippen molar-refractivity contribution in [2.24, 2.45) is 0 Å². The van der Waals surface area contributed by atoms with Crippen LogP contribution in [0.4, 0.5) is 0 Å². The Morgan fingerprint density at radius 3 is 2.65 bits per heavy atom. The Kier molecular flexibility index (Phi) is 3.57. The number of rotatable bonds is 3. The molecule has 5 nitrogen and oxygen atoms in total. The molecule has 1 N–H and O–H groups in total. The van der Waals surface area contributed by atoms with Crippen LogP contribution in [0.3, 0.4) is 0 Å². The number of nitrogens with zero attached hydrogens (tertiary/aromatic N) is 2. The molecule has 0 saturated carbocycles. The van der Waals surface area contributed by atoms with Crippen LogP contribution in [0, 0.1) is 32.1 Å². The zero-order valence-corrected chi connectivity index (χ0v) is 11.7. The molecule has 0 atom stereocenters. The maximum Gasteiger partial charge on any atom is 0.269 e. The third-order valence-electron chi connectivity index (χ3n) is 3.25. The number of aromatic nitrogens is 2. The number of ketones is 1. The maximum atomic E-state index is 12.2. The van der Waals surface area contributed by atoms with Gasteiger partial charge in [-0.2, -0.15) is 5.26 Å². The van der Waals surface area contributed by atoms with E-state index in [9.17, 15) is 9.59 Å². The van der Waals surface area contributed by atoms with Gasteiger partial charge in [-0.05, 0) is 38.5 Å². The number of hydrogen-bond acceptors (Lipinski definition) is 3. The van der Waals surface area contributed by atoms with E-state index >= 15 is 0 Å². The lowest BCUT2D eigenvalue weighted by Crippen LogP contribution is -2.26. The van der Waals surface area contributed by atoms with Crippen LogP contribution < -0.4 is 5.56 Å². The number of carbonyl (C=O) groups is 1. The van der Waals surface area contributed by atoms with Crippen molar-refractivity contribution in [3.8, 4) is 6.07 Å². The van der Waals surface area contributed by atoms with Gasteiger partial charge in [-0.25, -0.2) is 0 Å². The lowest BCUT2D eigenvalue weighted by molar-refractivity contribution is 0.0970. The number of carbonyl (C=O) groups excluding carboxylic acids is 1. The molecule has 0 unspecified atom stereocenters. The smallest absolute Gasteiger partial charge is 0.269 e. The molecule has 102 valence electrons. The van der Waals surface area contributed by atoms with Crippen molar-refractivity contribution in [1.29, 1.82) is 5.26 Å². The van der Waals surface area contributed by atoms with Gasteiger partial charge in [0.05, 0.1) is 6.54 Å². The Labute approximate surface area is 116 Å². The Bertz CT molecular complexity index is 775. The first kappa shape index (κ1) is 13.8. The van der Waals surface area contributed by atoms with Gasteiger partial charge in [0.1, 0.15) is 11.6 Å². The highest BCUT2D eigenvalue weighted by Crippen LogP contribution is 2.11. The summed E-state index contributed by atoms with van der Waals surface area (Å²) in [5.74, 6) is -0.151. The number of aryl methyl sites for hydroxylation is 3. The normalized spacial score (nSPS) is 10.3. The minimum Gasteiger partial charge on any atom is -0.362 e. The van der Waals surface area contributed by atoms with E-state index in [1.54, 1.807) is 25.3 Å². The second-order valence-corrected chi connectivity index (χ2v) is 4.83. The molecule has 0 aromatic carbocycles. The van der Waals surface area contributed by atoms with Crippen molar-refractivity contribution in [2.45, 2.75) is 27.3 Å². The minimum absolute atomic E-state index is 0.0636. The van der Waals surface area contributed by atoms with E-state index in [0.29, 0.717) is 11.1 Å². The summed E-state index contributed by atoms with van der Waals surface area (Å²) < 4.78 is 1.27. The molecular weight excluding hydrogens is 254 g/mol. The van der Waals surface area contributed by atoms with Crippen LogP contribution in [0.5, 0.6) is 0 Å². The Hall–Kier alpha value is -2.61. The number of pyridine rings is 1. The first-order valence-electron chi connectivity index (χ1n) is 6.23. The summed E-state index contributed by atoms with van der Waals surface area (Å²) in [6.07, 6.45) is 1.55. The number of hydrogen-bond donors (Lipinski definition) is 1. The van der Waals surface area contributed by atoms with E-state index in [1.165, 1.54) is 4.57 Å². The first-order chi connectivity index (χ1) is 9.43. The highest BCUT2D eigenvalue weighted by Gasteiger charge is 2.14. The standard InChI is InChI=1S/C15H15N3O2/c1-9-4-5-18(15(20)13(9)7-16)8-14(19)12-6-10(2)17-11(12)3/h4-6,17H,8H2,1-3H3. The van der Waals surface area contributed by atoms with Crippen molar-refractivity contribution in [2.75, 3.05) is 0 Å². The van der Waals surface area contributed by atoms with Crippen molar-refractivity contribution in [1.82, 2.24) is 9.55 Å². The fourth-order valence-corrected chi connectivity index (χ4v) is 2.18. The molecule has 0 aliphatic carbocycles.